The molecule has 9 heteroatoms. The summed E-state index contributed by atoms with van der Waals surface area (Å²) in [6.07, 6.45) is 3.75. The Bertz CT molecular complexity index is 1110. The van der Waals surface area contributed by atoms with Crippen molar-refractivity contribution < 1.29 is 17.9 Å². The number of hydrogen-bond donors (Lipinski definition) is 2. The first-order chi connectivity index (χ1) is 16.0. The summed E-state index contributed by atoms with van der Waals surface area (Å²) in [5.41, 5.74) is 1.69. The van der Waals surface area contributed by atoms with Gasteiger partial charge in [-0.2, -0.15) is 0 Å². The third kappa shape index (κ3) is 5.54. The van der Waals surface area contributed by atoms with Gasteiger partial charge < -0.3 is 10.1 Å². The number of methoxy groups -OCH3 is 1. The predicted octanol–water partition coefficient (Wildman–Crippen LogP) is 2.47. The largest absolute Gasteiger partial charge is 0.497 e. The quantitative estimate of drug-likeness (QED) is 0.617. The highest BCUT2D eigenvalue weighted by Gasteiger charge is 2.30. The van der Waals surface area contributed by atoms with Crippen molar-refractivity contribution >= 4 is 21.8 Å². The molecule has 33 heavy (non-hydrogen) atoms. The lowest BCUT2D eigenvalue weighted by Gasteiger charge is -2.35. The second kappa shape index (κ2) is 10.4. The number of benzene rings is 2. The van der Waals surface area contributed by atoms with Crippen LogP contribution in [0.4, 0.5) is 0 Å². The summed E-state index contributed by atoms with van der Waals surface area (Å²) in [4.78, 5) is 19.5. The van der Waals surface area contributed by atoms with Crippen LogP contribution >= 0.6 is 0 Å². The number of carbonyl (C=O) groups is 1. The van der Waals surface area contributed by atoms with Gasteiger partial charge in [-0.1, -0.05) is 30.7 Å². The van der Waals surface area contributed by atoms with Crippen molar-refractivity contribution in [2.24, 2.45) is 4.99 Å². The van der Waals surface area contributed by atoms with E-state index in [9.17, 15) is 13.2 Å². The third-order valence-electron chi connectivity index (χ3n) is 6.10. The van der Waals surface area contributed by atoms with E-state index in [2.05, 4.69) is 32.1 Å². The first-order valence-electron chi connectivity index (χ1n) is 11.3. The molecule has 1 fully saturated rings. The van der Waals surface area contributed by atoms with Gasteiger partial charge in [0.25, 0.3) is 10.0 Å². The molecule has 2 aliphatic heterocycles. The number of amidine groups is 1. The van der Waals surface area contributed by atoms with E-state index in [1.165, 1.54) is 6.42 Å². The van der Waals surface area contributed by atoms with Gasteiger partial charge >= 0.3 is 0 Å². The lowest BCUT2D eigenvalue weighted by Crippen LogP contribution is -2.40. The van der Waals surface area contributed by atoms with Gasteiger partial charge in [-0.25, -0.2) is 8.42 Å². The fraction of sp³-hybridized carbons (Fsp3) is 0.417. The van der Waals surface area contributed by atoms with Crippen LogP contribution in [0.1, 0.15) is 42.9 Å². The summed E-state index contributed by atoms with van der Waals surface area (Å²) in [6, 6.07) is 14.8. The van der Waals surface area contributed by atoms with Crippen molar-refractivity contribution in [3.05, 3.63) is 59.7 Å². The molecule has 0 radical (unpaired) electrons. The number of carbonyl (C=O) groups excluding carboxylic acids is 1. The predicted molar refractivity (Wildman–Crippen MR) is 127 cm³/mol. The average Bonchev–Trinajstić information content (AvgIpc) is 3.10. The molecule has 2 aliphatic rings. The number of rotatable bonds is 8. The summed E-state index contributed by atoms with van der Waals surface area (Å²) in [5.74, 6) is 0.996. The maximum Gasteiger partial charge on any atom is 0.263 e. The van der Waals surface area contributed by atoms with Gasteiger partial charge in [0.1, 0.15) is 11.6 Å². The second-order valence-corrected chi connectivity index (χ2v) is 9.92. The van der Waals surface area contributed by atoms with Crippen LogP contribution in [0.2, 0.25) is 0 Å². The van der Waals surface area contributed by atoms with E-state index in [1.54, 1.807) is 31.4 Å². The van der Waals surface area contributed by atoms with Crippen LogP contribution < -0.4 is 14.8 Å². The maximum atomic E-state index is 12.6. The Labute approximate surface area is 195 Å². The lowest BCUT2D eigenvalue weighted by molar-refractivity contribution is -0.121. The SMILES string of the molecule is COc1ccc(C(CNC(=O)CCN=C2NS(=O)(=O)c3ccccc32)N2CCCCC2)cc1. The van der Waals surface area contributed by atoms with Gasteiger partial charge in [0.15, 0.2) is 0 Å². The molecule has 1 saturated heterocycles. The molecule has 2 heterocycles. The molecule has 1 unspecified atom stereocenters. The molecule has 0 spiro atoms. The topological polar surface area (TPSA) is 100 Å². The number of sulfonamides is 1. The number of amides is 1. The molecule has 8 nitrogen and oxygen atoms in total. The van der Waals surface area contributed by atoms with Gasteiger partial charge in [-0.15, -0.1) is 0 Å². The zero-order valence-corrected chi connectivity index (χ0v) is 19.6. The minimum absolute atomic E-state index is 0.0972. The Morgan fingerprint density at radius 2 is 1.85 bits per heavy atom. The second-order valence-electron chi connectivity index (χ2n) is 8.27. The van der Waals surface area contributed by atoms with Crippen LogP contribution in [0.15, 0.2) is 58.4 Å². The highest BCUT2D eigenvalue weighted by molar-refractivity contribution is 7.90. The van der Waals surface area contributed by atoms with Gasteiger partial charge in [0, 0.05) is 18.5 Å². The smallest absolute Gasteiger partial charge is 0.263 e. The summed E-state index contributed by atoms with van der Waals surface area (Å²) in [6.45, 7) is 2.74. The molecule has 0 saturated carbocycles. The number of ether oxygens (including phenoxy) is 1. The van der Waals surface area contributed by atoms with E-state index < -0.39 is 10.0 Å². The Hall–Kier alpha value is -2.91. The van der Waals surface area contributed by atoms with E-state index in [0.717, 1.165) is 37.2 Å². The van der Waals surface area contributed by atoms with E-state index in [4.69, 9.17) is 4.74 Å². The fourth-order valence-electron chi connectivity index (χ4n) is 4.33. The zero-order chi connectivity index (χ0) is 23.3. The van der Waals surface area contributed by atoms with Crippen LogP contribution in [-0.4, -0.2) is 58.3 Å². The van der Waals surface area contributed by atoms with Crippen molar-refractivity contribution in [1.29, 1.82) is 0 Å². The Morgan fingerprint density at radius 3 is 2.58 bits per heavy atom. The summed E-state index contributed by atoms with van der Waals surface area (Å²) >= 11 is 0. The first-order valence-corrected chi connectivity index (χ1v) is 12.8. The maximum absolute atomic E-state index is 12.6. The van der Waals surface area contributed by atoms with Crippen LogP contribution in [0.25, 0.3) is 0 Å². The molecule has 1 amide bonds. The first kappa shape index (κ1) is 23.3. The Kier molecular flexibility index (Phi) is 7.29. The molecule has 0 aromatic heterocycles. The van der Waals surface area contributed by atoms with Crippen molar-refractivity contribution in [2.45, 2.75) is 36.6 Å². The van der Waals surface area contributed by atoms with Crippen molar-refractivity contribution in [2.75, 3.05) is 33.3 Å². The van der Waals surface area contributed by atoms with E-state index in [-0.39, 0.29) is 29.8 Å². The molecule has 0 aliphatic carbocycles. The molecule has 0 bridgehead atoms. The van der Waals surface area contributed by atoms with Crippen LogP contribution in [0, 0.1) is 0 Å². The highest BCUT2D eigenvalue weighted by Crippen LogP contribution is 2.26. The number of hydrogen-bond acceptors (Lipinski definition) is 6. The van der Waals surface area contributed by atoms with E-state index in [1.807, 2.05) is 12.1 Å². The molecule has 4 rings (SSSR count). The van der Waals surface area contributed by atoms with Crippen molar-refractivity contribution in [1.82, 2.24) is 14.9 Å². The number of fused-ring (bicyclic) bond motifs is 1. The van der Waals surface area contributed by atoms with E-state index >= 15 is 0 Å². The monoisotopic (exact) mass is 470 g/mol. The molecular formula is C24H30N4O4S. The zero-order valence-electron chi connectivity index (χ0n) is 18.8. The number of nitrogens with zero attached hydrogens (tertiary/aromatic N) is 2. The number of piperidine rings is 1. The number of nitrogens with one attached hydrogen (secondary N) is 2. The van der Waals surface area contributed by atoms with Gasteiger partial charge in [0.2, 0.25) is 5.91 Å². The number of likely N-dealkylation sites (tertiary alicyclic amines) is 1. The number of aliphatic imine (C=N–C) groups is 1. The van der Waals surface area contributed by atoms with Crippen LogP contribution in [-0.2, 0) is 14.8 Å². The molecule has 1 atom stereocenters. The highest BCUT2D eigenvalue weighted by atomic mass is 32.2. The average molecular weight is 471 g/mol. The summed E-state index contributed by atoms with van der Waals surface area (Å²) < 4.78 is 32.1. The molecule has 2 aromatic carbocycles. The Morgan fingerprint density at radius 1 is 1.12 bits per heavy atom. The molecule has 2 N–H and O–H groups in total. The molecular weight excluding hydrogens is 440 g/mol. The summed E-state index contributed by atoms with van der Waals surface area (Å²) in [7, 11) is -1.92. The standard InChI is InChI=1S/C24H30N4O4S/c1-32-19-11-9-18(10-12-19)21(28-15-5-2-6-16-28)17-26-23(29)13-14-25-24-20-7-3-4-8-22(20)33(30,31)27-24/h3-4,7-12,21H,2,5-6,13-17H2,1H3,(H,25,27)(H,26,29). The van der Waals surface area contributed by atoms with Crippen molar-refractivity contribution in [3.63, 3.8) is 0 Å². The van der Waals surface area contributed by atoms with Crippen LogP contribution in [0.5, 0.6) is 5.75 Å². The minimum Gasteiger partial charge on any atom is -0.497 e. The minimum atomic E-state index is -3.57. The normalized spacial score (nSPS) is 19.5. The fourth-order valence-corrected chi connectivity index (χ4v) is 5.58. The van der Waals surface area contributed by atoms with Gasteiger partial charge in [-0.3, -0.25) is 19.4 Å². The van der Waals surface area contributed by atoms with Crippen molar-refractivity contribution in [3.8, 4) is 5.75 Å². The molecule has 176 valence electrons. The Balaban J connectivity index is 1.36. The third-order valence-corrected chi connectivity index (χ3v) is 7.49. The lowest BCUT2D eigenvalue weighted by atomic mass is 10.0. The van der Waals surface area contributed by atoms with Gasteiger partial charge in [0.05, 0.1) is 24.6 Å². The summed E-state index contributed by atoms with van der Waals surface area (Å²) in [5, 5.41) is 3.05. The van der Waals surface area contributed by atoms with E-state index in [0.29, 0.717) is 17.9 Å². The molecule has 2 aromatic rings. The van der Waals surface area contributed by atoms with Crippen LogP contribution in [0.3, 0.4) is 0 Å². The van der Waals surface area contributed by atoms with Gasteiger partial charge in [-0.05, 0) is 55.8 Å².